The summed E-state index contributed by atoms with van der Waals surface area (Å²) in [5, 5.41) is 0.188. The molecule has 0 aliphatic carbocycles. The molecule has 5 heteroatoms. The minimum Gasteiger partial charge on any atom is -0.284 e. The maximum absolute atomic E-state index is 9.37. The molecule has 0 saturated carbocycles. The first-order valence-corrected chi connectivity index (χ1v) is 2.91. The molecule has 0 rings (SSSR count). The molecule has 0 atom stereocenters. The molecular formula is CH2ClO3S. The molecule has 1 radical (unpaired) electrons. The fourth-order valence-electron chi connectivity index (χ4n) is 0. The summed E-state index contributed by atoms with van der Waals surface area (Å²) in [5.41, 5.74) is 0. The van der Waals surface area contributed by atoms with Crippen LogP contribution in [0.4, 0.5) is 0 Å². The third kappa shape index (κ3) is 4.20. The Kier molecular flexibility index (Phi) is 1.83. The molecule has 0 bridgehead atoms. The fraction of sp³-hybridized carbons (Fsp3) is 0. The van der Waals surface area contributed by atoms with Gasteiger partial charge in [-0.05, 0) is 0 Å². The molecule has 0 aliphatic heterocycles. The highest BCUT2D eigenvalue weighted by molar-refractivity contribution is 7.89. The normalized spacial score (nSPS) is 11.7. The van der Waals surface area contributed by atoms with Crippen LogP contribution in [0.3, 0.4) is 0 Å². The van der Waals surface area contributed by atoms with Gasteiger partial charge in [0, 0.05) is 0 Å². The van der Waals surface area contributed by atoms with Crippen molar-refractivity contribution in [1.82, 2.24) is 0 Å². The predicted molar refractivity (Wildman–Crippen MR) is 21.7 cm³/mol. The molecule has 3 nitrogen and oxygen atoms in total. The van der Waals surface area contributed by atoms with Gasteiger partial charge in [0.1, 0.15) is 0 Å². The van der Waals surface area contributed by atoms with E-state index in [4.69, 9.17) is 4.55 Å². The van der Waals surface area contributed by atoms with Gasteiger partial charge >= 0.3 is 0 Å². The van der Waals surface area contributed by atoms with Crippen molar-refractivity contribution < 1.29 is 13.0 Å². The van der Waals surface area contributed by atoms with Gasteiger partial charge in [0.25, 0.3) is 10.1 Å². The van der Waals surface area contributed by atoms with E-state index in [0.717, 1.165) is 0 Å². The van der Waals surface area contributed by atoms with E-state index in [9.17, 15) is 8.42 Å². The lowest BCUT2D eigenvalue weighted by Crippen LogP contribution is -1.89. The fourth-order valence-corrected chi connectivity index (χ4v) is 0. The average molecular weight is 130 g/mol. The zero-order valence-electron chi connectivity index (χ0n) is 2.63. The summed E-state index contributed by atoms with van der Waals surface area (Å²) in [6, 6.07) is 0. The van der Waals surface area contributed by atoms with Crippen LogP contribution in [0, 0.1) is 5.21 Å². The lowest BCUT2D eigenvalue weighted by atomic mass is 11.9. The van der Waals surface area contributed by atoms with Crippen molar-refractivity contribution >= 4 is 21.7 Å². The van der Waals surface area contributed by atoms with E-state index in [1.807, 2.05) is 0 Å². The molecule has 0 spiro atoms. The Hall–Kier alpha value is 0.200. The van der Waals surface area contributed by atoms with Crippen molar-refractivity contribution in [2.45, 2.75) is 0 Å². The second kappa shape index (κ2) is 1.77. The Morgan fingerprint density at radius 3 is 1.83 bits per heavy atom. The summed E-state index contributed by atoms with van der Waals surface area (Å²) in [6.45, 7) is 0. The quantitative estimate of drug-likeness (QED) is 0.516. The Bertz CT molecular complexity index is 113. The summed E-state index contributed by atoms with van der Waals surface area (Å²) in [4.78, 5) is 0. The predicted octanol–water partition coefficient (Wildman–Crippen LogP) is 0.232. The topological polar surface area (TPSA) is 54.4 Å². The van der Waals surface area contributed by atoms with Crippen LogP contribution in [0.5, 0.6) is 0 Å². The highest BCUT2D eigenvalue weighted by Gasteiger charge is 1.97. The minimum atomic E-state index is -4.02. The molecule has 0 saturated heterocycles. The van der Waals surface area contributed by atoms with E-state index >= 15 is 0 Å². The zero-order valence-corrected chi connectivity index (χ0v) is 4.20. The zero-order chi connectivity index (χ0) is 5.21. The summed E-state index contributed by atoms with van der Waals surface area (Å²) in [7, 11) is -4.02. The molecule has 0 aromatic rings. The number of rotatable bonds is 1. The largest absolute Gasteiger partial charge is 0.284 e. The van der Waals surface area contributed by atoms with E-state index in [-0.39, 0.29) is 5.21 Å². The van der Waals surface area contributed by atoms with Crippen molar-refractivity contribution in [3.63, 3.8) is 0 Å². The average Bonchev–Trinajstić information content (AvgIpc) is 1.35. The van der Waals surface area contributed by atoms with Crippen molar-refractivity contribution in [3.05, 3.63) is 5.21 Å². The van der Waals surface area contributed by atoms with E-state index in [2.05, 4.69) is 11.6 Å². The smallest absolute Gasteiger partial charge is 0.284 e. The molecule has 37 valence electrons. The van der Waals surface area contributed by atoms with Crippen LogP contribution < -0.4 is 0 Å². The Balaban J connectivity index is 3.85. The van der Waals surface area contributed by atoms with Gasteiger partial charge in [-0.25, -0.2) is 0 Å². The van der Waals surface area contributed by atoms with Gasteiger partial charge in [-0.15, -0.1) is 0 Å². The molecule has 0 heterocycles. The molecule has 0 aromatic carbocycles. The van der Waals surface area contributed by atoms with Crippen molar-refractivity contribution in [2.75, 3.05) is 0 Å². The monoisotopic (exact) mass is 129 g/mol. The van der Waals surface area contributed by atoms with Crippen LogP contribution in [0.2, 0.25) is 0 Å². The number of hydrogen-bond donors (Lipinski definition) is 1. The lowest BCUT2D eigenvalue weighted by molar-refractivity contribution is 0.493. The minimum absolute atomic E-state index is 0.188. The van der Waals surface area contributed by atoms with Crippen LogP contribution in [-0.4, -0.2) is 13.0 Å². The number of hydrogen-bond acceptors (Lipinski definition) is 2. The van der Waals surface area contributed by atoms with Gasteiger partial charge in [0.2, 0.25) is 0 Å². The molecule has 1 N–H and O–H groups in total. The molecule has 0 aliphatic rings. The van der Waals surface area contributed by atoms with Gasteiger partial charge in [0.15, 0.2) is 5.21 Å². The van der Waals surface area contributed by atoms with Crippen molar-refractivity contribution in [1.29, 1.82) is 0 Å². The Morgan fingerprint density at radius 2 is 1.83 bits per heavy atom. The van der Waals surface area contributed by atoms with Crippen LogP contribution >= 0.6 is 11.6 Å². The summed E-state index contributed by atoms with van der Waals surface area (Å²) in [5.74, 6) is 0. The standard InChI is InChI=1S/CH2ClO3S/c2-1-6(3,4)5/h1H,(H,3,4,5). The van der Waals surface area contributed by atoms with Crippen LogP contribution in [0.1, 0.15) is 0 Å². The third-order valence-corrected chi connectivity index (χ3v) is 1.01. The molecular weight excluding hydrogens is 128 g/mol. The summed E-state index contributed by atoms with van der Waals surface area (Å²) in [6.07, 6.45) is 0. The number of halogens is 1. The Morgan fingerprint density at radius 1 is 1.67 bits per heavy atom. The van der Waals surface area contributed by atoms with E-state index in [0.29, 0.717) is 0 Å². The third-order valence-electron chi connectivity index (χ3n) is 0.113. The van der Waals surface area contributed by atoms with Crippen LogP contribution in [0.25, 0.3) is 0 Å². The van der Waals surface area contributed by atoms with Crippen molar-refractivity contribution in [2.24, 2.45) is 0 Å². The molecule has 6 heavy (non-hydrogen) atoms. The van der Waals surface area contributed by atoms with Crippen LogP contribution in [0.15, 0.2) is 0 Å². The van der Waals surface area contributed by atoms with Gasteiger partial charge in [-0.1, -0.05) is 11.6 Å². The highest BCUT2D eigenvalue weighted by Crippen LogP contribution is 1.91. The maximum atomic E-state index is 9.37. The summed E-state index contributed by atoms with van der Waals surface area (Å²) >= 11 is 4.51. The van der Waals surface area contributed by atoms with E-state index in [1.165, 1.54) is 0 Å². The van der Waals surface area contributed by atoms with E-state index in [1.54, 1.807) is 0 Å². The van der Waals surface area contributed by atoms with E-state index < -0.39 is 10.1 Å². The molecule has 0 aromatic heterocycles. The first kappa shape index (κ1) is 6.20. The van der Waals surface area contributed by atoms with Gasteiger partial charge in [0.05, 0.1) is 0 Å². The SMILES string of the molecule is O=S(=O)(O)[CH]Cl. The van der Waals surface area contributed by atoms with Gasteiger partial charge in [-0.3, -0.25) is 4.55 Å². The Labute approximate surface area is 40.7 Å². The molecule has 0 unspecified atom stereocenters. The van der Waals surface area contributed by atoms with Crippen LogP contribution in [-0.2, 0) is 10.1 Å². The van der Waals surface area contributed by atoms with Gasteiger partial charge < -0.3 is 0 Å². The second-order valence-electron chi connectivity index (χ2n) is 0.604. The maximum Gasteiger partial charge on any atom is 0.284 e. The molecule has 0 fully saturated rings. The first-order valence-electron chi connectivity index (χ1n) is 0.970. The highest BCUT2D eigenvalue weighted by atomic mass is 35.5. The van der Waals surface area contributed by atoms with Gasteiger partial charge in [-0.2, -0.15) is 8.42 Å². The van der Waals surface area contributed by atoms with Crippen molar-refractivity contribution in [3.8, 4) is 0 Å². The summed E-state index contributed by atoms with van der Waals surface area (Å²) < 4.78 is 26.3. The first-order chi connectivity index (χ1) is 2.56. The molecule has 0 amide bonds. The lowest BCUT2D eigenvalue weighted by Gasteiger charge is -1.76. The second-order valence-corrected chi connectivity index (χ2v) is 2.35.